The first-order chi connectivity index (χ1) is 9.25. The Hall–Kier alpha value is -1.22. The summed E-state index contributed by atoms with van der Waals surface area (Å²) in [6.45, 7) is 4.91. The third-order valence-corrected chi connectivity index (χ3v) is 4.54. The van der Waals surface area contributed by atoms with Crippen LogP contribution in [-0.2, 0) is 0 Å². The monoisotopic (exact) mass is 259 g/mol. The van der Waals surface area contributed by atoms with E-state index in [0.29, 0.717) is 0 Å². The Kier molecular flexibility index (Phi) is 3.65. The van der Waals surface area contributed by atoms with Crippen LogP contribution in [0, 0.1) is 0 Å². The second-order valence-electron chi connectivity index (χ2n) is 6.01. The fourth-order valence-corrected chi connectivity index (χ4v) is 3.48. The quantitative estimate of drug-likeness (QED) is 0.807. The van der Waals surface area contributed by atoms with Crippen LogP contribution in [0.15, 0.2) is 24.3 Å². The number of anilines is 2. The van der Waals surface area contributed by atoms with Gasteiger partial charge in [-0.3, -0.25) is 4.90 Å². The number of benzene rings is 1. The van der Waals surface area contributed by atoms with Gasteiger partial charge in [-0.2, -0.15) is 0 Å². The third kappa shape index (κ3) is 2.57. The highest BCUT2D eigenvalue weighted by atomic mass is 15.3. The molecule has 0 saturated carbocycles. The SMILES string of the molecule is CN(C)c1ccccc1N1CCN2CCCCC2C1. The molecule has 0 aromatic heterocycles. The van der Waals surface area contributed by atoms with Gasteiger partial charge in [0.1, 0.15) is 0 Å². The van der Waals surface area contributed by atoms with Crippen LogP contribution in [0.2, 0.25) is 0 Å². The molecule has 1 atom stereocenters. The van der Waals surface area contributed by atoms with Gasteiger partial charge in [0.15, 0.2) is 0 Å². The van der Waals surface area contributed by atoms with Gasteiger partial charge in [0.25, 0.3) is 0 Å². The predicted octanol–water partition coefficient (Wildman–Crippen LogP) is 2.43. The maximum absolute atomic E-state index is 2.69. The number of nitrogens with zero attached hydrogens (tertiary/aromatic N) is 3. The van der Waals surface area contributed by atoms with E-state index in [1.54, 1.807) is 0 Å². The van der Waals surface area contributed by atoms with E-state index in [2.05, 4.69) is 53.1 Å². The molecular formula is C16H25N3. The van der Waals surface area contributed by atoms with Crippen LogP contribution < -0.4 is 9.80 Å². The Labute approximate surface area is 116 Å². The Morgan fingerprint density at radius 2 is 1.89 bits per heavy atom. The number of piperidine rings is 1. The summed E-state index contributed by atoms with van der Waals surface area (Å²) in [6, 6.07) is 9.57. The van der Waals surface area contributed by atoms with Crippen molar-refractivity contribution in [1.82, 2.24) is 4.90 Å². The van der Waals surface area contributed by atoms with Crippen molar-refractivity contribution in [2.75, 3.05) is 50.1 Å². The van der Waals surface area contributed by atoms with Crippen molar-refractivity contribution in [2.24, 2.45) is 0 Å². The van der Waals surface area contributed by atoms with Crippen LogP contribution >= 0.6 is 0 Å². The van der Waals surface area contributed by atoms with Gasteiger partial charge in [-0.05, 0) is 31.5 Å². The summed E-state index contributed by atoms with van der Waals surface area (Å²) in [5.41, 5.74) is 2.74. The maximum Gasteiger partial charge on any atom is 0.0604 e. The molecule has 1 unspecified atom stereocenters. The second kappa shape index (κ2) is 5.41. The fourth-order valence-electron chi connectivity index (χ4n) is 3.48. The summed E-state index contributed by atoms with van der Waals surface area (Å²) >= 11 is 0. The van der Waals surface area contributed by atoms with Crippen LogP contribution in [0.1, 0.15) is 19.3 Å². The topological polar surface area (TPSA) is 9.72 Å². The van der Waals surface area contributed by atoms with E-state index in [1.165, 1.54) is 56.8 Å². The highest BCUT2D eigenvalue weighted by Gasteiger charge is 2.29. The summed E-state index contributed by atoms with van der Waals surface area (Å²) < 4.78 is 0. The van der Waals surface area contributed by atoms with Crippen molar-refractivity contribution in [2.45, 2.75) is 25.3 Å². The zero-order valence-electron chi connectivity index (χ0n) is 12.2. The summed E-state index contributed by atoms with van der Waals surface area (Å²) in [5, 5.41) is 0. The minimum absolute atomic E-state index is 0.776. The molecule has 0 spiro atoms. The Morgan fingerprint density at radius 3 is 2.74 bits per heavy atom. The van der Waals surface area contributed by atoms with Crippen molar-refractivity contribution in [3.8, 4) is 0 Å². The lowest BCUT2D eigenvalue weighted by molar-refractivity contribution is 0.133. The first kappa shape index (κ1) is 12.8. The van der Waals surface area contributed by atoms with Crippen LogP contribution in [0.5, 0.6) is 0 Å². The predicted molar refractivity (Wildman–Crippen MR) is 82.2 cm³/mol. The molecule has 19 heavy (non-hydrogen) atoms. The molecule has 0 N–H and O–H groups in total. The lowest BCUT2D eigenvalue weighted by Crippen LogP contribution is -2.55. The summed E-state index contributed by atoms with van der Waals surface area (Å²) in [7, 11) is 4.27. The summed E-state index contributed by atoms with van der Waals surface area (Å²) in [4.78, 5) is 7.50. The van der Waals surface area contributed by atoms with E-state index in [4.69, 9.17) is 0 Å². The molecule has 3 heteroatoms. The van der Waals surface area contributed by atoms with Crippen LogP contribution in [0.4, 0.5) is 11.4 Å². The van der Waals surface area contributed by atoms with Gasteiger partial charge in [-0.25, -0.2) is 0 Å². The molecule has 3 rings (SSSR count). The first-order valence-electron chi connectivity index (χ1n) is 7.51. The van der Waals surface area contributed by atoms with Gasteiger partial charge in [0.05, 0.1) is 11.4 Å². The van der Waals surface area contributed by atoms with Crippen molar-refractivity contribution >= 4 is 11.4 Å². The second-order valence-corrected chi connectivity index (χ2v) is 6.01. The molecule has 0 bridgehead atoms. The van der Waals surface area contributed by atoms with Crippen LogP contribution in [0.3, 0.4) is 0 Å². The molecule has 2 saturated heterocycles. The molecule has 2 aliphatic rings. The van der Waals surface area contributed by atoms with E-state index < -0.39 is 0 Å². The molecule has 1 aromatic rings. The van der Waals surface area contributed by atoms with Gasteiger partial charge in [-0.15, -0.1) is 0 Å². The number of hydrogen-bond acceptors (Lipinski definition) is 3. The molecule has 2 fully saturated rings. The molecule has 0 amide bonds. The summed E-state index contributed by atoms with van der Waals surface area (Å²) in [5.74, 6) is 0. The lowest BCUT2D eigenvalue weighted by atomic mass is 9.99. The molecule has 3 nitrogen and oxygen atoms in total. The van der Waals surface area contributed by atoms with Crippen LogP contribution in [-0.4, -0.2) is 51.2 Å². The smallest absolute Gasteiger partial charge is 0.0604 e. The Balaban J connectivity index is 1.79. The highest BCUT2D eigenvalue weighted by molar-refractivity contribution is 5.71. The Morgan fingerprint density at radius 1 is 1.05 bits per heavy atom. The third-order valence-electron chi connectivity index (χ3n) is 4.54. The number of para-hydroxylation sites is 2. The van der Waals surface area contributed by atoms with E-state index in [9.17, 15) is 0 Å². The standard InChI is InChI=1S/C16H25N3/c1-17(2)15-8-3-4-9-16(15)19-12-11-18-10-6-5-7-14(18)13-19/h3-4,8-9,14H,5-7,10-13H2,1-2H3. The van der Waals surface area contributed by atoms with Crippen molar-refractivity contribution < 1.29 is 0 Å². The average Bonchev–Trinajstić information content (AvgIpc) is 2.46. The number of piperazine rings is 1. The molecule has 104 valence electrons. The van der Waals surface area contributed by atoms with Gasteiger partial charge in [-0.1, -0.05) is 18.6 Å². The minimum Gasteiger partial charge on any atom is -0.376 e. The number of hydrogen-bond donors (Lipinski definition) is 0. The van der Waals surface area contributed by atoms with Crippen molar-refractivity contribution in [3.63, 3.8) is 0 Å². The van der Waals surface area contributed by atoms with Crippen LogP contribution in [0.25, 0.3) is 0 Å². The zero-order chi connectivity index (χ0) is 13.2. The van der Waals surface area contributed by atoms with E-state index in [1.807, 2.05) is 0 Å². The first-order valence-corrected chi connectivity index (χ1v) is 7.51. The largest absolute Gasteiger partial charge is 0.376 e. The highest BCUT2D eigenvalue weighted by Crippen LogP contribution is 2.31. The van der Waals surface area contributed by atoms with Gasteiger partial charge in [0.2, 0.25) is 0 Å². The molecule has 0 radical (unpaired) electrons. The minimum atomic E-state index is 0.776. The molecule has 2 heterocycles. The average molecular weight is 259 g/mol. The molecular weight excluding hydrogens is 234 g/mol. The fraction of sp³-hybridized carbons (Fsp3) is 0.625. The van der Waals surface area contributed by atoms with Gasteiger partial charge < -0.3 is 9.80 Å². The van der Waals surface area contributed by atoms with Gasteiger partial charge in [0, 0.05) is 39.8 Å². The normalized spacial score (nSPS) is 24.1. The maximum atomic E-state index is 2.69. The number of fused-ring (bicyclic) bond motifs is 1. The lowest BCUT2D eigenvalue weighted by Gasteiger charge is -2.45. The van der Waals surface area contributed by atoms with E-state index in [-0.39, 0.29) is 0 Å². The molecule has 0 aliphatic carbocycles. The van der Waals surface area contributed by atoms with Crippen molar-refractivity contribution in [1.29, 1.82) is 0 Å². The van der Waals surface area contributed by atoms with E-state index in [0.717, 1.165) is 6.04 Å². The number of rotatable bonds is 2. The summed E-state index contributed by atoms with van der Waals surface area (Å²) in [6.07, 6.45) is 4.18. The van der Waals surface area contributed by atoms with Gasteiger partial charge >= 0.3 is 0 Å². The molecule has 1 aromatic carbocycles. The zero-order valence-corrected chi connectivity index (χ0v) is 12.2. The molecule has 2 aliphatic heterocycles. The van der Waals surface area contributed by atoms with E-state index >= 15 is 0 Å². The Bertz CT molecular complexity index is 430. The van der Waals surface area contributed by atoms with Crippen molar-refractivity contribution in [3.05, 3.63) is 24.3 Å².